The first-order chi connectivity index (χ1) is 9.12. The van der Waals surface area contributed by atoms with Gasteiger partial charge < -0.3 is 4.90 Å². The van der Waals surface area contributed by atoms with Crippen LogP contribution in [0.1, 0.15) is 18.4 Å². The Kier molecular flexibility index (Phi) is 2.14. The summed E-state index contributed by atoms with van der Waals surface area (Å²) in [6, 6.07) is 7.17. The lowest BCUT2D eigenvalue weighted by molar-refractivity contribution is -0.174. The monoisotopic (exact) mass is 260 g/mol. The summed E-state index contributed by atoms with van der Waals surface area (Å²) in [7, 11) is 2.06. The summed E-state index contributed by atoms with van der Waals surface area (Å²) < 4.78 is 12.9. The van der Waals surface area contributed by atoms with Gasteiger partial charge in [-0.3, -0.25) is 9.69 Å². The van der Waals surface area contributed by atoms with E-state index >= 15 is 0 Å². The van der Waals surface area contributed by atoms with Crippen LogP contribution in [0.3, 0.4) is 0 Å². The van der Waals surface area contributed by atoms with Crippen molar-refractivity contribution >= 4 is 5.91 Å². The zero-order valence-corrected chi connectivity index (χ0v) is 11.0. The third kappa shape index (κ3) is 1.32. The molecule has 2 aliphatic heterocycles. The van der Waals surface area contributed by atoms with E-state index in [2.05, 4.69) is 11.9 Å². The van der Waals surface area contributed by atoms with Crippen LogP contribution in [-0.4, -0.2) is 41.4 Å². The Morgan fingerprint density at radius 2 is 2.11 bits per heavy atom. The minimum Gasteiger partial charge on any atom is -0.336 e. The second-order valence-corrected chi connectivity index (χ2v) is 6.18. The van der Waals surface area contributed by atoms with Crippen molar-refractivity contribution in [1.82, 2.24) is 9.80 Å². The summed E-state index contributed by atoms with van der Waals surface area (Å²) in [6.07, 6.45) is 2.41. The zero-order valence-electron chi connectivity index (χ0n) is 11.0. The second kappa shape index (κ2) is 3.57. The molecule has 1 amide bonds. The van der Waals surface area contributed by atoms with Gasteiger partial charge in [-0.2, -0.15) is 0 Å². The first-order valence-electron chi connectivity index (χ1n) is 6.87. The zero-order chi connectivity index (χ0) is 13.2. The van der Waals surface area contributed by atoms with Gasteiger partial charge in [-0.05, 0) is 37.6 Å². The lowest BCUT2D eigenvalue weighted by Crippen LogP contribution is -2.75. The quantitative estimate of drug-likeness (QED) is 0.807. The summed E-state index contributed by atoms with van der Waals surface area (Å²) in [5.41, 5.74) is 1.25. The van der Waals surface area contributed by atoms with Crippen LogP contribution < -0.4 is 0 Å². The average Bonchev–Trinajstić information content (AvgIpc) is 2.65. The smallest absolute Gasteiger partial charge is 0.240 e. The van der Waals surface area contributed by atoms with E-state index in [9.17, 15) is 9.18 Å². The lowest BCUT2D eigenvalue weighted by atomic mass is 9.54. The summed E-state index contributed by atoms with van der Waals surface area (Å²) in [5, 5.41) is 0. The molecule has 2 saturated heterocycles. The van der Waals surface area contributed by atoms with Crippen LogP contribution in [0.25, 0.3) is 0 Å². The Hall–Kier alpha value is -1.42. The number of nitrogens with zero attached hydrogens (tertiary/aromatic N) is 2. The number of piperidine rings is 1. The molecule has 4 rings (SSSR count). The maximum absolute atomic E-state index is 12.9. The number of amides is 1. The van der Waals surface area contributed by atoms with E-state index in [1.807, 2.05) is 4.90 Å². The average molecular weight is 260 g/mol. The van der Waals surface area contributed by atoms with Gasteiger partial charge in [0.25, 0.3) is 0 Å². The van der Waals surface area contributed by atoms with Gasteiger partial charge in [-0.1, -0.05) is 12.1 Å². The van der Waals surface area contributed by atoms with E-state index in [1.165, 1.54) is 25.0 Å². The Morgan fingerprint density at radius 3 is 2.68 bits per heavy atom. The molecule has 3 fully saturated rings. The van der Waals surface area contributed by atoms with Crippen molar-refractivity contribution in [3.8, 4) is 0 Å². The fourth-order valence-corrected chi connectivity index (χ4v) is 4.32. The molecule has 2 heterocycles. The van der Waals surface area contributed by atoms with Crippen molar-refractivity contribution in [2.24, 2.45) is 5.41 Å². The highest BCUT2D eigenvalue weighted by Gasteiger charge is 2.71. The van der Waals surface area contributed by atoms with Gasteiger partial charge in [-0.15, -0.1) is 0 Å². The van der Waals surface area contributed by atoms with Crippen molar-refractivity contribution in [2.45, 2.75) is 31.5 Å². The summed E-state index contributed by atoms with van der Waals surface area (Å²) in [5.74, 6) is 0.0247. The highest BCUT2D eigenvalue weighted by Crippen LogP contribution is 2.60. The first kappa shape index (κ1) is 11.4. The first-order valence-corrected chi connectivity index (χ1v) is 6.87. The SMILES string of the molecule is CN1C2CCC23CN(Cc2ccc(F)cc2)C(=O)C13. The minimum atomic E-state index is -0.228. The molecule has 1 aromatic rings. The molecule has 4 heteroatoms. The Balaban J connectivity index is 1.54. The predicted molar refractivity (Wildman–Crippen MR) is 68.8 cm³/mol. The molecule has 0 radical (unpaired) electrons. The number of rotatable bonds is 2. The third-order valence-corrected chi connectivity index (χ3v) is 5.31. The Bertz CT molecular complexity index is 544. The molecule has 19 heavy (non-hydrogen) atoms. The molecule has 1 aromatic carbocycles. The van der Waals surface area contributed by atoms with Crippen molar-refractivity contribution < 1.29 is 9.18 Å². The molecular weight excluding hydrogens is 243 g/mol. The lowest BCUT2D eigenvalue weighted by Gasteiger charge is -2.65. The van der Waals surface area contributed by atoms with Gasteiger partial charge in [0, 0.05) is 24.5 Å². The summed E-state index contributed by atoms with van der Waals surface area (Å²) in [6.45, 7) is 1.49. The van der Waals surface area contributed by atoms with E-state index in [0.717, 1.165) is 12.1 Å². The maximum atomic E-state index is 12.9. The number of carbonyl (C=O) groups excluding carboxylic acids is 1. The van der Waals surface area contributed by atoms with Crippen LogP contribution in [0.2, 0.25) is 0 Å². The molecule has 3 aliphatic rings. The van der Waals surface area contributed by atoms with Crippen molar-refractivity contribution in [2.75, 3.05) is 13.6 Å². The molecule has 3 nitrogen and oxygen atoms in total. The van der Waals surface area contributed by atoms with E-state index < -0.39 is 0 Å². The van der Waals surface area contributed by atoms with E-state index in [-0.39, 0.29) is 23.2 Å². The fraction of sp³-hybridized carbons (Fsp3) is 0.533. The van der Waals surface area contributed by atoms with E-state index in [4.69, 9.17) is 0 Å². The normalized spacial score (nSPS) is 36.5. The molecule has 1 saturated carbocycles. The summed E-state index contributed by atoms with van der Waals surface area (Å²) in [4.78, 5) is 16.6. The van der Waals surface area contributed by atoms with Crippen LogP contribution in [0.4, 0.5) is 4.39 Å². The van der Waals surface area contributed by atoms with Crippen LogP contribution in [0.5, 0.6) is 0 Å². The number of hydrogen-bond acceptors (Lipinski definition) is 2. The number of halogens is 1. The molecule has 3 unspecified atom stereocenters. The molecular formula is C15H17FN2O. The van der Waals surface area contributed by atoms with Crippen molar-refractivity contribution in [3.63, 3.8) is 0 Å². The number of likely N-dealkylation sites (N-methyl/N-ethyl adjacent to an activating group) is 1. The van der Waals surface area contributed by atoms with E-state index in [0.29, 0.717) is 12.6 Å². The Morgan fingerprint density at radius 1 is 1.37 bits per heavy atom. The van der Waals surface area contributed by atoms with Crippen LogP contribution >= 0.6 is 0 Å². The van der Waals surface area contributed by atoms with Gasteiger partial charge in [0.05, 0.1) is 6.04 Å². The van der Waals surface area contributed by atoms with E-state index in [1.54, 1.807) is 12.1 Å². The molecule has 3 atom stereocenters. The van der Waals surface area contributed by atoms with Gasteiger partial charge in [0.15, 0.2) is 0 Å². The minimum absolute atomic E-state index is 0.103. The topological polar surface area (TPSA) is 23.6 Å². The standard InChI is InChI=1S/C15H17FN2O/c1-17-12-6-7-15(12)9-18(14(19)13(15)17)8-10-2-4-11(16)5-3-10/h2-5,12-13H,6-9H2,1H3. The number of benzene rings is 1. The third-order valence-electron chi connectivity index (χ3n) is 5.31. The Labute approximate surface area is 112 Å². The number of hydrogen-bond donors (Lipinski definition) is 0. The molecule has 0 aromatic heterocycles. The second-order valence-electron chi connectivity index (χ2n) is 6.18. The van der Waals surface area contributed by atoms with Crippen LogP contribution in [0.15, 0.2) is 24.3 Å². The molecule has 1 spiro atoms. The van der Waals surface area contributed by atoms with Gasteiger partial charge in [-0.25, -0.2) is 4.39 Å². The number of carbonyl (C=O) groups is 1. The molecule has 100 valence electrons. The summed E-state index contributed by atoms with van der Waals surface area (Å²) >= 11 is 0. The fourth-order valence-electron chi connectivity index (χ4n) is 4.32. The highest BCUT2D eigenvalue weighted by atomic mass is 19.1. The number of likely N-dealkylation sites (tertiary alicyclic amines) is 2. The predicted octanol–water partition coefficient (Wildman–Crippen LogP) is 1.63. The molecule has 0 N–H and O–H groups in total. The molecule has 0 bridgehead atoms. The van der Waals surface area contributed by atoms with Crippen LogP contribution in [0, 0.1) is 11.2 Å². The van der Waals surface area contributed by atoms with Gasteiger partial charge >= 0.3 is 0 Å². The largest absolute Gasteiger partial charge is 0.336 e. The van der Waals surface area contributed by atoms with Crippen molar-refractivity contribution in [3.05, 3.63) is 35.6 Å². The van der Waals surface area contributed by atoms with Crippen LogP contribution in [-0.2, 0) is 11.3 Å². The molecule has 1 aliphatic carbocycles. The highest BCUT2D eigenvalue weighted by molar-refractivity contribution is 5.87. The van der Waals surface area contributed by atoms with Gasteiger partial charge in [0.1, 0.15) is 5.82 Å². The maximum Gasteiger partial charge on any atom is 0.240 e. The van der Waals surface area contributed by atoms with Gasteiger partial charge in [0.2, 0.25) is 5.91 Å². The van der Waals surface area contributed by atoms with Crippen molar-refractivity contribution in [1.29, 1.82) is 0 Å².